The Morgan fingerprint density at radius 1 is 1.21 bits per heavy atom. The Kier molecular flexibility index (Phi) is 2.16. The maximum absolute atomic E-state index is 3.26. The molecule has 0 aromatic heterocycles. The van der Waals surface area contributed by atoms with Crippen LogP contribution in [0.5, 0.6) is 0 Å². The molecule has 2 rings (SSSR count). The molecule has 3 atom stereocenters. The standard InChI is InChI=1S/C13H21N/c1-12(2,3)14-11-9-7-5-6-8-10-13(11,14)4/h11H,7-10H2,1-4H3/t11-,13+,14?/m1/s1. The van der Waals surface area contributed by atoms with Crippen LogP contribution >= 0.6 is 0 Å². The van der Waals surface area contributed by atoms with Gasteiger partial charge in [0.2, 0.25) is 0 Å². The van der Waals surface area contributed by atoms with Crippen LogP contribution in [0, 0.1) is 11.8 Å². The maximum atomic E-state index is 3.26. The Bertz CT molecular complexity index is 289. The Balaban J connectivity index is 2.14. The predicted molar refractivity (Wildman–Crippen MR) is 60.0 cm³/mol. The van der Waals surface area contributed by atoms with Crippen LogP contribution in [0.1, 0.15) is 53.4 Å². The lowest BCUT2D eigenvalue weighted by atomic mass is 9.96. The van der Waals surface area contributed by atoms with Crippen LogP contribution in [0.25, 0.3) is 0 Å². The van der Waals surface area contributed by atoms with Crippen LogP contribution in [-0.4, -0.2) is 22.0 Å². The predicted octanol–water partition coefficient (Wildman–Crippen LogP) is 2.81. The average molecular weight is 191 g/mol. The summed E-state index contributed by atoms with van der Waals surface area (Å²) in [6.45, 7) is 9.38. The van der Waals surface area contributed by atoms with E-state index in [1.54, 1.807) is 0 Å². The van der Waals surface area contributed by atoms with Gasteiger partial charge < -0.3 is 0 Å². The Morgan fingerprint density at radius 2 is 1.86 bits per heavy atom. The second kappa shape index (κ2) is 3.00. The summed E-state index contributed by atoms with van der Waals surface area (Å²) in [5.74, 6) is 6.52. The first kappa shape index (κ1) is 10.1. The summed E-state index contributed by atoms with van der Waals surface area (Å²) < 4.78 is 0. The van der Waals surface area contributed by atoms with Crippen molar-refractivity contribution in [3.05, 3.63) is 0 Å². The minimum Gasteiger partial charge on any atom is -0.287 e. The van der Waals surface area contributed by atoms with Gasteiger partial charge >= 0.3 is 0 Å². The van der Waals surface area contributed by atoms with Gasteiger partial charge in [-0.05, 0) is 40.5 Å². The summed E-state index contributed by atoms with van der Waals surface area (Å²) in [6.07, 6.45) is 4.69. The quantitative estimate of drug-likeness (QED) is 0.420. The lowest BCUT2D eigenvalue weighted by Crippen LogP contribution is -2.31. The number of hydrogen-bond donors (Lipinski definition) is 0. The molecule has 0 aromatic carbocycles. The van der Waals surface area contributed by atoms with Gasteiger partial charge in [0.05, 0.1) is 0 Å². The highest BCUT2D eigenvalue weighted by molar-refractivity contribution is 5.21. The van der Waals surface area contributed by atoms with Crippen LogP contribution in [0.3, 0.4) is 0 Å². The molecule has 0 spiro atoms. The van der Waals surface area contributed by atoms with E-state index in [2.05, 4.69) is 44.4 Å². The highest BCUT2D eigenvalue weighted by atomic mass is 15.4. The van der Waals surface area contributed by atoms with E-state index in [1.165, 1.54) is 12.8 Å². The van der Waals surface area contributed by atoms with Crippen molar-refractivity contribution in [3.8, 4) is 11.8 Å². The number of nitrogens with zero attached hydrogens (tertiary/aromatic N) is 1. The molecule has 0 radical (unpaired) electrons. The Labute approximate surface area is 87.9 Å². The molecule has 0 aromatic rings. The van der Waals surface area contributed by atoms with E-state index in [0.29, 0.717) is 11.1 Å². The molecule has 1 heteroatoms. The largest absolute Gasteiger partial charge is 0.287 e. The van der Waals surface area contributed by atoms with Gasteiger partial charge in [0.1, 0.15) is 0 Å². The molecule has 1 fully saturated rings. The smallest absolute Gasteiger partial charge is 0.0355 e. The zero-order valence-corrected chi connectivity index (χ0v) is 9.85. The minimum atomic E-state index is 0.323. The monoisotopic (exact) mass is 191 g/mol. The van der Waals surface area contributed by atoms with Crippen LogP contribution in [-0.2, 0) is 0 Å². The SMILES string of the molecule is CC(C)(C)N1[C@@H]2CCC#CCC[C@@]21C. The van der Waals surface area contributed by atoms with Crippen molar-refractivity contribution < 1.29 is 0 Å². The third-order valence-corrected chi connectivity index (χ3v) is 3.66. The highest BCUT2D eigenvalue weighted by Crippen LogP contribution is 2.51. The number of rotatable bonds is 0. The van der Waals surface area contributed by atoms with Gasteiger partial charge in [-0.15, -0.1) is 11.8 Å². The molecular weight excluding hydrogens is 170 g/mol. The molecule has 78 valence electrons. The lowest BCUT2D eigenvalue weighted by molar-refractivity contribution is 0.235. The van der Waals surface area contributed by atoms with Crippen molar-refractivity contribution in [1.82, 2.24) is 4.90 Å². The number of fused-ring (bicyclic) bond motifs is 1. The molecule has 1 saturated heterocycles. The summed E-state index contributed by atoms with van der Waals surface area (Å²) in [6, 6.07) is 0.789. The van der Waals surface area contributed by atoms with Crippen LogP contribution < -0.4 is 0 Å². The molecular formula is C13H21N. The van der Waals surface area contributed by atoms with Crippen molar-refractivity contribution in [3.63, 3.8) is 0 Å². The summed E-state index contributed by atoms with van der Waals surface area (Å²) in [4.78, 5) is 2.68. The Morgan fingerprint density at radius 3 is 2.50 bits per heavy atom. The highest BCUT2D eigenvalue weighted by Gasteiger charge is 2.61. The summed E-state index contributed by atoms with van der Waals surface area (Å²) in [5.41, 5.74) is 0.775. The molecule has 1 aliphatic heterocycles. The summed E-state index contributed by atoms with van der Waals surface area (Å²) >= 11 is 0. The van der Waals surface area contributed by atoms with E-state index in [0.717, 1.165) is 18.9 Å². The molecule has 1 heterocycles. The fourth-order valence-corrected chi connectivity index (χ4v) is 3.17. The number of hydrogen-bond acceptors (Lipinski definition) is 1. The maximum Gasteiger partial charge on any atom is 0.0355 e. The van der Waals surface area contributed by atoms with Crippen LogP contribution in [0.2, 0.25) is 0 Å². The van der Waals surface area contributed by atoms with Crippen molar-refractivity contribution in [2.45, 2.75) is 70.5 Å². The van der Waals surface area contributed by atoms with Gasteiger partial charge in [0, 0.05) is 30.0 Å². The van der Waals surface area contributed by atoms with Gasteiger partial charge in [-0.25, -0.2) is 0 Å². The third-order valence-electron chi connectivity index (χ3n) is 3.66. The zero-order valence-electron chi connectivity index (χ0n) is 9.85. The lowest BCUT2D eigenvalue weighted by Gasteiger charge is -2.25. The van der Waals surface area contributed by atoms with Crippen molar-refractivity contribution in [2.24, 2.45) is 0 Å². The van der Waals surface area contributed by atoms with Crippen LogP contribution in [0.15, 0.2) is 0 Å². The van der Waals surface area contributed by atoms with Crippen molar-refractivity contribution in [2.75, 3.05) is 0 Å². The minimum absolute atomic E-state index is 0.323. The topological polar surface area (TPSA) is 3.01 Å². The van der Waals surface area contributed by atoms with Crippen molar-refractivity contribution in [1.29, 1.82) is 0 Å². The van der Waals surface area contributed by atoms with Crippen LogP contribution in [0.4, 0.5) is 0 Å². The fraction of sp³-hybridized carbons (Fsp3) is 0.846. The normalized spacial score (nSPS) is 41.4. The molecule has 0 N–H and O–H groups in total. The molecule has 1 unspecified atom stereocenters. The molecule has 0 bridgehead atoms. The van der Waals surface area contributed by atoms with Crippen molar-refractivity contribution >= 4 is 0 Å². The second-order valence-electron chi connectivity index (χ2n) is 5.81. The third kappa shape index (κ3) is 1.46. The first-order chi connectivity index (χ1) is 6.46. The van der Waals surface area contributed by atoms with Gasteiger partial charge in [-0.2, -0.15) is 0 Å². The van der Waals surface area contributed by atoms with Gasteiger partial charge in [-0.1, -0.05) is 0 Å². The average Bonchev–Trinajstić information content (AvgIpc) is 2.56. The second-order valence-corrected chi connectivity index (χ2v) is 5.81. The first-order valence-electron chi connectivity index (χ1n) is 5.71. The summed E-state index contributed by atoms with van der Waals surface area (Å²) in [7, 11) is 0. The van der Waals surface area contributed by atoms with Gasteiger partial charge in [0.25, 0.3) is 0 Å². The van der Waals surface area contributed by atoms with E-state index in [1.807, 2.05) is 0 Å². The molecule has 0 amide bonds. The van der Waals surface area contributed by atoms with Gasteiger partial charge in [-0.3, -0.25) is 4.90 Å². The molecule has 1 aliphatic carbocycles. The fourth-order valence-electron chi connectivity index (χ4n) is 3.17. The first-order valence-corrected chi connectivity index (χ1v) is 5.71. The van der Waals surface area contributed by atoms with E-state index in [4.69, 9.17) is 0 Å². The van der Waals surface area contributed by atoms with E-state index >= 15 is 0 Å². The van der Waals surface area contributed by atoms with E-state index in [-0.39, 0.29) is 0 Å². The van der Waals surface area contributed by atoms with E-state index < -0.39 is 0 Å². The Hall–Kier alpha value is -0.480. The molecule has 1 nitrogen and oxygen atoms in total. The summed E-state index contributed by atoms with van der Waals surface area (Å²) in [5, 5.41) is 0. The zero-order chi connectivity index (χ0) is 10.4. The molecule has 0 saturated carbocycles. The molecule has 14 heavy (non-hydrogen) atoms. The van der Waals surface area contributed by atoms with Gasteiger partial charge in [0.15, 0.2) is 0 Å². The molecule has 2 aliphatic rings. The van der Waals surface area contributed by atoms with E-state index in [9.17, 15) is 0 Å².